The quantitative estimate of drug-likeness (QED) is 0.216. The van der Waals surface area contributed by atoms with Gasteiger partial charge in [0.05, 0.1) is 5.69 Å². The van der Waals surface area contributed by atoms with Crippen LogP contribution in [0.1, 0.15) is 59.7 Å². The van der Waals surface area contributed by atoms with Gasteiger partial charge in [-0.2, -0.15) is 0 Å². The lowest BCUT2D eigenvalue weighted by molar-refractivity contribution is -0.126. The molecule has 1 saturated heterocycles. The maximum atomic E-state index is 13.5. The van der Waals surface area contributed by atoms with E-state index in [9.17, 15) is 18.8 Å². The lowest BCUT2D eigenvalue weighted by Gasteiger charge is -2.32. The second kappa shape index (κ2) is 13.0. The molecule has 2 heterocycles. The molecule has 4 aromatic carbocycles. The molecule has 2 aliphatic rings. The number of hydrogen-bond acceptors (Lipinski definition) is 5. The van der Waals surface area contributed by atoms with Gasteiger partial charge < -0.3 is 4.74 Å². The fraction of sp³-hybridized carbons (Fsp3) is 0.306. The second-order valence-electron chi connectivity index (χ2n) is 11.6. The summed E-state index contributed by atoms with van der Waals surface area (Å²) in [5.74, 6) is -0.222. The molecular weight excluding hydrogens is 557 g/mol. The molecule has 1 atom stereocenters. The highest BCUT2D eigenvalue weighted by atomic mass is 19.1. The highest BCUT2D eigenvalue weighted by Crippen LogP contribution is 2.41. The Morgan fingerprint density at radius 3 is 2.43 bits per heavy atom. The highest BCUT2D eigenvalue weighted by molar-refractivity contribution is 6.27. The van der Waals surface area contributed by atoms with Gasteiger partial charge in [-0.05, 0) is 84.2 Å². The van der Waals surface area contributed by atoms with E-state index in [4.69, 9.17) is 4.74 Å². The van der Waals surface area contributed by atoms with Crippen molar-refractivity contribution in [3.8, 4) is 5.75 Å². The molecular formula is C36H36FN3O4. The molecule has 2 aliphatic heterocycles. The molecule has 0 aromatic heterocycles. The third kappa shape index (κ3) is 6.08. The van der Waals surface area contributed by atoms with E-state index in [0.29, 0.717) is 42.7 Å². The second-order valence-corrected chi connectivity index (χ2v) is 11.6. The number of carbonyl (C=O) groups is 3. The molecule has 4 aromatic rings. The molecule has 44 heavy (non-hydrogen) atoms. The maximum Gasteiger partial charge on any atom is 0.259 e. The molecule has 1 N–H and O–H groups in total. The number of ether oxygens (including phenoxy) is 1. The predicted octanol–water partition coefficient (Wildman–Crippen LogP) is 6.01. The lowest BCUT2D eigenvalue weighted by Crippen LogP contribution is -2.48. The predicted molar refractivity (Wildman–Crippen MR) is 168 cm³/mol. The van der Waals surface area contributed by atoms with Crippen LogP contribution in [0.5, 0.6) is 5.75 Å². The van der Waals surface area contributed by atoms with E-state index in [2.05, 4.69) is 34.5 Å². The van der Waals surface area contributed by atoms with Gasteiger partial charge in [0.1, 0.15) is 23.7 Å². The maximum absolute atomic E-state index is 13.5. The van der Waals surface area contributed by atoms with Crippen LogP contribution in [-0.2, 0) is 22.6 Å². The van der Waals surface area contributed by atoms with Crippen LogP contribution in [-0.4, -0.2) is 48.4 Å². The number of likely N-dealkylation sites (tertiary alicyclic amines) is 1. The number of anilines is 1. The third-order valence-electron chi connectivity index (χ3n) is 8.67. The van der Waals surface area contributed by atoms with Crippen molar-refractivity contribution in [2.24, 2.45) is 0 Å². The Bertz CT molecular complexity index is 1660. The van der Waals surface area contributed by atoms with Crippen molar-refractivity contribution >= 4 is 34.7 Å². The van der Waals surface area contributed by atoms with Crippen molar-refractivity contribution in [2.75, 3.05) is 18.0 Å². The highest BCUT2D eigenvalue weighted by Gasteiger charge is 2.38. The van der Waals surface area contributed by atoms with E-state index >= 15 is 0 Å². The minimum Gasteiger partial charge on any atom is -0.490 e. The number of hydrogen-bond donors (Lipinski definition) is 1. The number of nitrogens with zero attached hydrogens (tertiary/aromatic N) is 2. The Kier molecular flexibility index (Phi) is 8.70. The van der Waals surface area contributed by atoms with Crippen LogP contribution >= 0.6 is 0 Å². The number of nitrogens with one attached hydrogen (secondary N) is 1. The summed E-state index contributed by atoms with van der Waals surface area (Å²) in [6, 6.07) is 23.9. The molecule has 226 valence electrons. The molecule has 7 nitrogen and oxygen atoms in total. The summed E-state index contributed by atoms with van der Waals surface area (Å²) in [4.78, 5) is 41.2. The van der Waals surface area contributed by atoms with E-state index in [1.165, 1.54) is 23.3 Å². The van der Waals surface area contributed by atoms with Gasteiger partial charge in [-0.25, -0.2) is 4.39 Å². The van der Waals surface area contributed by atoms with Crippen LogP contribution in [0.25, 0.3) is 10.8 Å². The topological polar surface area (TPSA) is 79.0 Å². The number of rotatable bonds is 11. The minimum absolute atomic E-state index is 0.144. The first kappa shape index (κ1) is 29.5. The summed E-state index contributed by atoms with van der Waals surface area (Å²) in [6.45, 7) is 4.71. The van der Waals surface area contributed by atoms with Crippen molar-refractivity contribution in [1.29, 1.82) is 0 Å². The van der Waals surface area contributed by atoms with Gasteiger partial charge in [-0.1, -0.05) is 55.8 Å². The van der Waals surface area contributed by atoms with E-state index in [0.717, 1.165) is 48.8 Å². The smallest absolute Gasteiger partial charge is 0.259 e. The van der Waals surface area contributed by atoms with E-state index in [1.807, 2.05) is 37.3 Å². The zero-order valence-corrected chi connectivity index (χ0v) is 24.8. The van der Waals surface area contributed by atoms with Crippen LogP contribution in [0, 0.1) is 5.82 Å². The number of halogens is 1. The van der Waals surface area contributed by atoms with Gasteiger partial charge in [-0.15, -0.1) is 0 Å². The number of piperidine rings is 1. The monoisotopic (exact) mass is 593 g/mol. The Balaban J connectivity index is 1.12. The molecule has 0 bridgehead atoms. The molecule has 1 unspecified atom stereocenters. The molecule has 0 aliphatic carbocycles. The van der Waals surface area contributed by atoms with Gasteiger partial charge in [-0.3, -0.25) is 29.5 Å². The molecule has 0 spiro atoms. The van der Waals surface area contributed by atoms with Crippen molar-refractivity contribution in [3.63, 3.8) is 0 Å². The molecule has 0 saturated carbocycles. The average molecular weight is 594 g/mol. The Labute approximate surface area is 256 Å². The molecule has 3 amide bonds. The van der Waals surface area contributed by atoms with Crippen LogP contribution in [0.4, 0.5) is 10.1 Å². The Hall–Kier alpha value is -4.56. The molecule has 0 radical (unpaired) electrons. The van der Waals surface area contributed by atoms with Crippen molar-refractivity contribution in [3.05, 3.63) is 107 Å². The van der Waals surface area contributed by atoms with E-state index in [-0.39, 0.29) is 17.8 Å². The fourth-order valence-electron chi connectivity index (χ4n) is 6.47. The summed E-state index contributed by atoms with van der Waals surface area (Å²) in [6.07, 6.45) is 4.24. The summed E-state index contributed by atoms with van der Waals surface area (Å²) in [7, 11) is 0. The molecule has 6 rings (SSSR count). The van der Waals surface area contributed by atoms with Gasteiger partial charge in [0, 0.05) is 30.6 Å². The third-order valence-corrected chi connectivity index (χ3v) is 8.67. The lowest BCUT2D eigenvalue weighted by atomic mass is 9.95. The number of benzene rings is 4. The first-order valence-electron chi connectivity index (χ1n) is 15.3. The fourth-order valence-corrected chi connectivity index (χ4v) is 6.47. The van der Waals surface area contributed by atoms with Gasteiger partial charge in [0.2, 0.25) is 12.3 Å². The Morgan fingerprint density at radius 2 is 1.73 bits per heavy atom. The largest absolute Gasteiger partial charge is 0.490 e. The summed E-state index contributed by atoms with van der Waals surface area (Å²) >= 11 is 0. The summed E-state index contributed by atoms with van der Waals surface area (Å²) < 4.78 is 19.2. The summed E-state index contributed by atoms with van der Waals surface area (Å²) in [5.41, 5.74) is 4.84. The normalized spacial score (nSPS) is 15.9. The van der Waals surface area contributed by atoms with Crippen LogP contribution < -0.4 is 15.0 Å². The van der Waals surface area contributed by atoms with Gasteiger partial charge in [0.25, 0.3) is 5.91 Å². The summed E-state index contributed by atoms with van der Waals surface area (Å²) in [5, 5.41) is 4.10. The Morgan fingerprint density at radius 1 is 1.00 bits per heavy atom. The zero-order valence-electron chi connectivity index (χ0n) is 24.8. The van der Waals surface area contributed by atoms with Crippen LogP contribution in [0.15, 0.2) is 78.9 Å². The number of carbonyl (C=O) groups excluding carboxylic acids is 3. The van der Waals surface area contributed by atoms with Crippen LogP contribution in [0.2, 0.25) is 0 Å². The van der Waals surface area contributed by atoms with Crippen molar-refractivity contribution in [1.82, 2.24) is 10.2 Å². The van der Waals surface area contributed by atoms with Crippen LogP contribution in [0.3, 0.4) is 0 Å². The molecule has 1 fully saturated rings. The van der Waals surface area contributed by atoms with E-state index in [1.54, 1.807) is 17.0 Å². The number of amides is 3. The number of imide groups is 1. The first-order chi connectivity index (χ1) is 21.4. The van der Waals surface area contributed by atoms with Gasteiger partial charge in [0.15, 0.2) is 0 Å². The SMILES string of the molecule is CCCC(C(=O)NC=O)N1C(=O)c2cccc3c(Cc4ccc(CN5CCC(Oc6ccc(F)cc6)CC5)cc4)ccc1c23. The average Bonchev–Trinajstić information content (AvgIpc) is 3.32. The van der Waals surface area contributed by atoms with Crippen molar-refractivity contribution < 1.29 is 23.5 Å². The first-order valence-corrected chi connectivity index (χ1v) is 15.3. The van der Waals surface area contributed by atoms with Crippen molar-refractivity contribution in [2.45, 2.75) is 57.7 Å². The standard InChI is InChI=1S/C36H36FN3O4/c1-2-4-33(35(42)38-23-41)40-32-16-11-26(30-5-3-6-31(34(30)32)36(40)43)21-24-7-9-25(10-8-24)22-39-19-17-29(18-20-39)44-28-14-12-27(37)13-15-28/h3,5-16,23,29,33H,2,4,17-22H2,1H3,(H,38,41,42). The minimum atomic E-state index is -0.750. The zero-order chi connectivity index (χ0) is 30.6. The van der Waals surface area contributed by atoms with Gasteiger partial charge >= 0.3 is 0 Å². The van der Waals surface area contributed by atoms with E-state index < -0.39 is 11.9 Å². The molecule has 8 heteroatoms.